The van der Waals surface area contributed by atoms with Gasteiger partial charge in [-0.05, 0) is 53.5 Å². The van der Waals surface area contributed by atoms with Gasteiger partial charge in [0.05, 0.1) is 35.9 Å². The second-order valence-electron chi connectivity index (χ2n) is 8.47. The minimum Gasteiger partial charge on any atom is -0.543 e. The van der Waals surface area contributed by atoms with Crippen molar-refractivity contribution in [3.63, 3.8) is 0 Å². The van der Waals surface area contributed by atoms with Crippen LogP contribution in [0.2, 0.25) is 0 Å². The molecule has 162 valence electrons. The first-order chi connectivity index (χ1) is 15.4. The number of hydrogen-bond acceptors (Lipinski definition) is 5. The summed E-state index contributed by atoms with van der Waals surface area (Å²) in [5, 5.41) is 24.0. The molecule has 0 bridgehead atoms. The molecule has 7 nitrogen and oxygen atoms in total. The number of carboxylic acid groups (broad SMARTS) is 1. The maximum Gasteiger partial charge on any atom is 0.272 e. The monoisotopic (exact) mass is 429 g/mol. The molecule has 0 unspecified atom stereocenters. The zero-order valence-electron chi connectivity index (χ0n) is 17.6. The third kappa shape index (κ3) is 3.05. The van der Waals surface area contributed by atoms with E-state index in [0.717, 1.165) is 21.9 Å². The van der Waals surface area contributed by atoms with Crippen LogP contribution >= 0.6 is 0 Å². The number of rotatable bonds is 5. The van der Waals surface area contributed by atoms with Crippen LogP contribution in [0.4, 0.5) is 5.82 Å². The van der Waals surface area contributed by atoms with Crippen LogP contribution in [0.1, 0.15) is 24.5 Å². The van der Waals surface area contributed by atoms with Gasteiger partial charge >= 0.3 is 0 Å². The van der Waals surface area contributed by atoms with Crippen LogP contribution in [0, 0.1) is 5.92 Å². The lowest BCUT2D eigenvalue weighted by Crippen LogP contribution is -2.62. The number of aliphatic hydroxyl groups is 1. The Labute approximate surface area is 185 Å². The molecule has 5 rings (SSSR count). The molecule has 7 heteroatoms. The average molecular weight is 429 g/mol. The highest BCUT2D eigenvalue weighted by molar-refractivity contribution is 6.06. The fourth-order valence-corrected chi connectivity index (χ4v) is 5.03. The SMILES string of the molecule is C[C@H](O)[C@H]1C(=O)N2C(C(=O)[O-])=C(c3cc(C[n+]4ccccc4N)c4ccccc4c3)C[C@H]12. The number of β-lactam (4-membered cyclic amide) rings is 1. The molecule has 3 heterocycles. The van der Waals surface area contributed by atoms with Crippen LogP contribution in [0.25, 0.3) is 16.3 Å². The lowest BCUT2D eigenvalue weighted by atomic mass is 9.82. The number of anilines is 1. The lowest BCUT2D eigenvalue weighted by Gasteiger charge is -2.45. The Bertz CT molecular complexity index is 1300. The fraction of sp³-hybridized carbons (Fsp3) is 0.240. The van der Waals surface area contributed by atoms with Gasteiger partial charge in [0.2, 0.25) is 5.91 Å². The van der Waals surface area contributed by atoms with Crippen LogP contribution in [0.15, 0.2) is 66.5 Å². The highest BCUT2D eigenvalue weighted by Crippen LogP contribution is 2.47. The number of nitrogens with zero attached hydrogens (tertiary/aromatic N) is 2. The third-order valence-corrected chi connectivity index (χ3v) is 6.53. The van der Waals surface area contributed by atoms with Gasteiger partial charge in [-0.2, -0.15) is 0 Å². The molecule has 2 aromatic carbocycles. The lowest BCUT2D eigenvalue weighted by molar-refractivity contribution is -0.673. The number of carboxylic acids is 1. The van der Waals surface area contributed by atoms with Crippen molar-refractivity contribution in [2.24, 2.45) is 5.92 Å². The summed E-state index contributed by atoms with van der Waals surface area (Å²) in [7, 11) is 0. The molecule has 1 aromatic heterocycles. The van der Waals surface area contributed by atoms with Gasteiger partial charge in [0.15, 0.2) is 0 Å². The van der Waals surface area contributed by atoms with Gasteiger partial charge in [0, 0.05) is 11.6 Å². The number of aliphatic carboxylic acids is 1. The zero-order valence-corrected chi connectivity index (χ0v) is 17.6. The van der Waals surface area contributed by atoms with Crippen molar-refractivity contribution in [3.8, 4) is 0 Å². The number of aliphatic hydroxyl groups excluding tert-OH is 1. The quantitative estimate of drug-likeness (QED) is 0.461. The number of pyridine rings is 1. The predicted octanol–water partition coefficient (Wildman–Crippen LogP) is 0.830. The molecule has 3 atom stereocenters. The van der Waals surface area contributed by atoms with Gasteiger partial charge in [-0.3, -0.25) is 10.5 Å². The first-order valence-electron chi connectivity index (χ1n) is 10.6. The number of carbonyl (C=O) groups is 2. The molecule has 0 radical (unpaired) electrons. The van der Waals surface area contributed by atoms with Gasteiger partial charge < -0.3 is 19.9 Å². The molecule has 0 saturated carbocycles. The highest BCUT2D eigenvalue weighted by atomic mass is 16.4. The Morgan fingerprint density at radius 3 is 2.72 bits per heavy atom. The summed E-state index contributed by atoms with van der Waals surface area (Å²) in [6.45, 7) is 2.07. The molecule has 2 aliphatic rings. The van der Waals surface area contributed by atoms with Crippen LogP contribution in [0.3, 0.4) is 0 Å². The van der Waals surface area contributed by atoms with Crippen LogP contribution in [-0.2, 0) is 16.1 Å². The minimum atomic E-state index is -1.38. The largest absolute Gasteiger partial charge is 0.543 e. The molecule has 0 aliphatic carbocycles. The van der Waals surface area contributed by atoms with Crippen molar-refractivity contribution < 1.29 is 24.4 Å². The van der Waals surface area contributed by atoms with E-state index in [1.165, 1.54) is 4.90 Å². The van der Waals surface area contributed by atoms with Crippen molar-refractivity contribution in [1.29, 1.82) is 0 Å². The summed E-state index contributed by atoms with van der Waals surface area (Å²) in [5.41, 5.74) is 8.33. The third-order valence-electron chi connectivity index (χ3n) is 6.53. The molecule has 1 saturated heterocycles. The van der Waals surface area contributed by atoms with E-state index in [0.29, 0.717) is 24.4 Å². The number of aromatic nitrogens is 1. The summed E-state index contributed by atoms with van der Waals surface area (Å²) < 4.78 is 1.93. The number of hydrogen-bond donors (Lipinski definition) is 2. The van der Waals surface area contributed by atoms with E-state index in [-0.39, 0.29) is 17.6 Å². The van der Waals surface area contributed by atoms with Crippen LogP contribution < -0.4 is 15.4 Å². The normalized spacial score (nSPS) is 20.9. The summed E-state index contributed by atoms with van der Waals surface area (Å²) in [4.78, 5) is 25.9. The van der Waals surface area contributed by atoms with E-state index < -0.39 is 18.0 Å². The second kappa shape index (κ2) is 7.46. The van der Waals surface area contributed by atoms with Crippen LogP contribution in [0.5, 0.6) is 0 Å². The van der Waals surface area contributed by atoms with Crippen molar-refractivity contribution in [1.82, 2.24) is 4.90 Å². The number of carbonyl (C=O) groups excluding carboxylic acids is 2. The maximum absolute atomic E-state index is 12.6. The van der Waals surface area contributed by atoms with Crippen molar-refractivity contribution in [3.05, 3.63) is 77.6 Å². The molecular formula is C25H23N3O4. The van der Waals surface area contributed by atoms with E-state index in [1.807, 2.05) is 65.4 Å². The van der Waals surface area contributed by atoms with Crippen molar-refractivity contribution >= 4 is 34.0 Å². The average Bonchev–Trinajstić information content (AvgIpc) is 3.10. The van der Waals surface area contributed by atoms with Gasteiger partial charge in [-0.25, -0.2) is 4.57 Å². The molecule has 1 amide bonds. The summed E-state index contributed by atoms with van der Waals surface area (Å²) in [5.74, 6) is -1.72. The van der Waals surface area contributed by atoms with Gasteiger partial charge in [0.1, 0.15) is 6.54 Å². The molecule has 32 heavy (non-hydrogen) atoms. The molecule has 3 N–H and O–H groups in total. The summed E-state index contributed by atoms with van der Waals surface area (Å²) >= 11 is 0. The fourth-order valence-electron chi connectivity index (χ4n) is 5.03. The summed E-state index contributed by atoms with van der Waals surface area (Å²) in [6.07, 6.45) is 1.43. The zero-order chi connectivity index (χ0) is 22.6. The van der Waals surface area contributed by atoms with E-state index in [1.54, 1.807) is 6.92 Å². The standard InChI is InChI=1S/C25H23N3O4/c1-14(29)22-20-12-19(23(25(31)32)28(20)24(22)30)16-10-15-6-2-3-7-18(15)17(11-16)13-27-9-5-4-8-21(27)26/h2-11,14,20,22,26,29H,12-13H2,1H3,(H,31,32)/t14-,20+,22+/m0/s1. The Kier molecular flexibility index (Phi) is 4.71. The highest BCUT2D eigenvalue weighted by Gasteiger charge is 2.55. The van der Waals surface area contributed by atoms with Gasteiger partial charge in [-0.1, -0.05) is 30.3 Å². The molecule has 3 aromatic rings. The number of nitrogen functional groups attached to an aromatic ring is 1. The topological polar surface area (TPSA) is 111 Å². The Balaban J connectivity index is 1.64. The van der Waals surface area contributed by atoms with Gasteiger partial charge in [-0.15, -0.1) is 0 Å². The second-order valence-corrected chi connectivity index (χ2v) is 8.47. The number of nitrogens with two attached hydrogens (primary N) is 1. The predicted molar refractivity (Wildman–Crippen MR) is 116 cm³/mol. The Morgan fingerprint density at radius 1 is 1.25 bits per heavy atom. The first-order valence-corrected chi connectivity index (χ1v) is 10.6. The molecule has 0 spiro atoms. The number of benzene rings is 2. The minimum absolute atomic E-state index is 0.0926. The molecular weight excluding hydrogens is 406 g/mol. The molecule has 2 aliphatic heterocycles. The van der Waals surface area contributed by atoms with E-state index in [9.17, 15) is 19.8 Å². The first kappa shape index (κ1) is 20.2. The van der Waals surface area contributed by atoms with Crippen molar-refractivity contribution in [2.45, 2.75) is 32.0 Å². The van der Waals surface area contributed by atoms with E-state index in [2.05, 4.69) is 0 Å². The number of fused-ring (bicyclic) bond motifs is 2. The smallest absolute Gasteiger partial charge is 0.272 e. The van der Waals surface area contributed by atoms with E-state index >= 15 is 0 Å². The number of amides is 1. The Morgan fingerprint density at radius 2 is 2.00 bits per heavy atom. The van der Waals surface area contributed by atoms with Gasteiger partial charge in [0.25, 0.3) is 5.82 Å². The van der Waals surface area contributed by atoms with E-state index in [4.69, 9.17) is 5.73 Å². The van der Waals surface area contributed by atoms with Crippen LogP contribution in [-0.4, -0.2) is 34.0 Å². The maximum atomic E-state index is 12.6. The summed E-state index contributed by atoms with van der Waals surface area (Å²) in [6, 6.07) is 17.1. The van der Waals surface area contributed by atoms with Crippen molar-refractivity contribution in [2.75, 3.05) is 5.73 Å². The molecule has 1 fully saturated rings. The Hall–Kier alpha value is -3.71.